The minimum absolute atomic E-state index is 0.260. The second kappa shape index (κ2) is 4.89. The maximum Gasteiger partial charge on any atom is 0.139 e. The van der Waals surface area contributed by atoms with Gasteiger partial charge in [0.25, 0.3) is 0 Å². The maximum atomic E-state index is 9.42. The monoisotopic (exact) mass is 267 g/mol. The molecule has 20 heavy (non-hydrogen) atoms. The van der Waals surface area contributed by atoms with E-state index in [0.717, 1.165) is 22.7 Å². The molecule has 0 saturated carbocycles. The van der Waals surface area contributed by atoms with Gasteiger partial charge in [0.05, 0.1) is 0 Å². The summed E-state index contributed by atoms with van der Waals surface area (Å²) in [7, 11) is 0. The molecule has 4 nitrogen and oxygen atoms in total. The smallest absolute Gasteiger partial charge is 0.139 e. The standard InChI is InChI=1S/C16H17N3O/c1-11(2)17-16-15(12-6-8-13(20)9-7-12)18-14-5-3-4-10-19(14)16/h3-11,17,20H,1-2H3. The van der Waals surface area contributed by atoms with Gasteiger partial charge in [-0.2, -0.15) is 0 Å². The van der Waals surface area contributed by atoms with Crippen LogP contribution in [0.25, 0.3) is 16.9 Å². The topological polar surface area (TPSA) is 49.6 Å². The maximum absolute atomic E-state index is 9.42. The van der Waals surface area contributed by atoms with Gasteiger partial charge in [0, 0.05) is 17.8 Å². The van der Waals surface area contributed by atoms with Crippen LogP contribution >= 0.6 is 0 Å². The molecule has 1 aromatic carbocycles. The lowest BCUT2D eigenvalue weighted by atomic mass is 10.1. The van der Waals surface area contributed by atoms with Crippen LogP contribution < -0.4 is 5.32 Å². The number of phenols is 1. The largest absolute Gasteiger partial charge is 0.508 e. The number of imidazole rings is 1. The number of anilines is 1. The average Bonchev–Trinajstić information content (AvgIpc) is 2.78. The predicted octanol–water partition coefficient (Wildman–Crippen LogP) is 3.53. The molecular weight excluding hydrogens is 250 g/mol. The van der Waals surface area contributed by atoms with E-state index in [1.165, 1.54) is 0 Å². The summed E-state index contributed by atoms with van der Waals surface area (Å²) in [5.74, 6) is 1.23. The average molecular weight is 267 g/mol. The molecule has 2 heterocycles. The molecule has 0 fully saturated rings. The molecule has 3 rings (SSSR count). The van der Waals surface area contributed by atoms with Crippen molar-refractivity contribution in [1.82, 2.24) is 9.38 Å². The van der Waals surface area contributed by atoms with Crippen LogP contribution in [-0.4, -0.2) is 20.5 Å². The Balaban J connectivity index is 2.20. The zero-order valence-electron chi connectivity index (χ0n) is 11.5. The summed E-state index contributed by atoms with van der Waals surface area (Å²) in [5.41, 5.74) is 2.78. The fraction of sp³-hybridized carbons (Fsp3) is 0.188. The highest BCUT2D eigenvalue weighted by Crippen LogP contribution is 2.30. The Morgan fingerprint density at radius 3 is 2.55 bits per heavy atom. The van der Waals surface area contributed by atoms with Crippen molar-refractivity contribution in [2.24, 2.45) is 0 Å². The van der Waals surface area contributed by atoms with Crippen molar-refractivity contribution in [1.29, 1.82) is 0 Å². The lowest BCUT2D eigenvalue weighted by Gasteiger charge is -2.11. The molecule has 102 valence electrons. The van der Waals surface area contributed by atoms with Gasteiger partial charge in [0.2, 0.25) is 0 Å². The molecule has 0 saturated heterocycles. The third-order valence-electron chi connectivity index (χ3n) is 3.10. The van der Waals surface area contributed by atoms with E-state index in [0.29, 0.717) is 6.04 Å². The minimum atomic E-state index is 0.260. The van der Waals surface area contributed by atoms with Crippen molar-refractivity contribution in [3.05, 3.63) is 48.7 Å². The zero-order chi connectivity index (χ0) is 14.1. The summed E-state index contributed by atoms with van der Waals surface area (Å²) < 4.78 is 2.04. The fourth-order valence-electron chi connectivity index (χ4n) is 2.23. The first-order valence-electron chi connectivity index (χ1n) is 6.68. The van der Waals surface area contributed by atoms with Crippen molar-refractivity contribution in [3.8, 4) is 17.0 Å². The zero-order valence-corrected chi connectivity index (χ0v) is 11.5. The summed E-state index contributed by atoms with van der Waals surface area (Å²) in [6, 6.07) is 13.4. The molecule has 2 aromatic heterocycles. The number of aromatic nitrogens is 2. The van der Waals surface area contributed by atoms with Crippen LogP contribution in [0.15, 0.2) is 48.7 Å². The number of hydrogen-bond acceptors (Lipinski definition) is 3. The number of nitrogens with zero attached hydrogens (tertiary/aromatic N) is 2. The summed E-state index contributed by atoms with van der Waals surface area (Å²) in [6.45, 7) is 4.20. The first-order chi connectivity index (χ1) is 9.65. The number of nitrogens with one attached hydrogen (secondary N) is 1. The molecule has 0 amide bonds. The van der Waals surface area contributed by atoms with E-state index in [9.17, 15) is 5.11 Å². The Kier molecular flexibility index (Phi) is 3.06. The van der Waals surface area contributed by atoms with Crippen LogP contribution in [0.1, 0.15) is 13.8 Å². The van der Waals surface area contributed by atoms with E-state index in [-0.39, 0.29) is 5.75 Å². The summed E-state index contributed by atoms with van der Waals surface area (Å²) in [5, 5.41) is 12.9. The Morgan fingerprint density at radius 2 is 1.85 bits per heavy atom. The number of rotatable bonds is 3. The first-order valence-corrected chi connectivity index (χ1v) is 6.68. The van der Waals surface area contributed by atoms with E-state index in [4.69, 9.17) is 0 Å². The highest BCUT2D eigenvalue weighted by atomic mass is 16.3. The molecule has 0 radical (unpaired) electrons. The van der Waals surface area contributed by atoms with E-state index in [2.05, 4.69) is 24.1 Å². The van der Waals surface area contributed by atoms with Crippen molar-refractivity contribution >= 4 is 11.5 Å². The minimum Gasteiger partial charge on any atom is -0.508 e. The molecular formula is C16H17N3O. The SMILES string of the molecule is CC(C)Nc1c(-c2ccc(O)cc2)nc2ccccn12. The predicted molar refractivity (Wildman–Crippen MR) is 81.1 cm³/mol. The van der Waals surface area contributed by atoms with Gasteiger partial charge in [0.1, 0.15) is 22.9 Å². The van der Waals surface area contributed by atoms with E-state index >= 15 is 0 Å². The molecule has 4 heteroatoms. The molecule has 0 aliphatic heterocycles. The van der Waals surface area contributed by atoms with Crippen molar-refractivity contribution in [2.45, 2.75) is 19.9 Å². The van der Waals surface area contributed by atoms with Crippen molar-refractivity contribution in [2.75, 3.05) is 5.32 Å². The van der Waals surface area contributed by atoms with E-state index in [1.807, 2.05) is 40.9 Å². The van der Waals surface area contributed by atoms with Gasteiger partial charge in [-0.05, 0) is 50.2 Å². The van der Waals surface area contributed by atoms with Crippen molar-refractivity contribution in [3.63, 3.8) is 0 Å². The molecule has 0 aliphatic carbocycles. The van der Waals surface area contributed by atoms with Gasteiger partial charge in [-0.15, -0.1) is 0 Å². The summed E-state index contributed by atoms with van der Waals surface area (Å²) in [4.78, 5) is 4.68. The lowest BCUT2D eigenvalue weighted by molar-refractivity contribution is 0.475. The Bertz CT molecular complexity index is 729. The van der Waals surface area contributed by atoms with Gasteiger partial charge in [-0.1, -0.05) is 6.07 Å². The van der Waals surface area contributed by atoms with Gasteiger partial charge < -0.3 is 10.4 Å². The van der Waals surface area contributed by atoms with Crippen LogP contribution in [-0.2, 0) is 0 Å². The van der Waals surface area contributed by atoms with Gasteiger partial charge >= 0.3 is 0 Å². The highest BCUT2D eigenvalue weighted by molar-refractivity contribution is 5.76. The van der Waals surface area contributed by atoms with E-state index in [1.54, 1.807) is 12.1 Å². The van der Waals surface area contributed by atoms with Crippen LogP contribution in [0.4, 0.5) is 5.82 Å². The lowest BCUT2D eigenvalue weighted by Crippen LogP contribution is -2.12. The van der Waals surface area contributed by atoms with Crippen LogP contribution in [0.5, 0.6) is 5.75 Å². The highest BCUT2D eigenvalue weighted by Gasteiger charge is 2.14. The Labute approximate surface area is 117 Å². The fourth-order valence-corrected chi connectivity index (χ4v) is 2.23. The van der Waals surface area contributed by atoms with Gasteiger partial charge in [0.15, 0.2) is 0 Å². The van der Waals surface area contributed by atoms with Crippen molar-refractivity contribution < 1.29 is 5.11 Å². The number of hydrogen-bond donors (Lipinski definition) is 2. The molecule has 0 aliphatic rings. The second-order valence-corrected chi connectivity index (χ2v) is 5.08. The first kappa shape index (κ1) is 12.5. The molecule has 0 spiro atoms. The number of pyridine rings is 1. The molecule has 0 atom stereocenters. The molecule has 2 N–H and O–H groups in total. The Morgan fingerprint density at radius 1 is 1.10 bits per heavy atom. The summed E-state index contributed by atoms with van der Waals surface area (Å²) in [6.07, 6.45) is 2.00. The number of benzene rings is 1. The Hall–Kier alpha value is -2.49. The quantitative estimate of drug-likeness (QED) is 0.763. The van der Waals surface area contributed by atoms with Gasteiger partial charge in [-0.3, -0.25) is 4.40 Å². The molecule has 0 bridgehead atoms. The summed E-state index contributed by atoms with van der Waals surface area (Å²) >= 11 is 0. The molecule has 0 unspecified atom stereocenters. The molecule has 3 aromatic rings. The van der Waals surface area contributed by atoms with Crippen LogP contribution in [0.2, 0.25) is 0 Å². The number of phenolic OH excluding ortho intramolecular Hbond substituents is 1. The third-order valence-corrected chi connectivity index (χ3v) is 3.10. The normalized spacial score (nSPS) is 11.2. The number of aromatic hydroxyl groups is 1. The van der Waals surface area contributed by atoms with Crippen LogP contribution in [0, 0.1) is 0 Å². The number of fused-ring (bicyclic) bond motifs is 1. The van der Waals surface area contributed by atoms with Gasteiger partial charge in [-0.25, -0.2) is 4.98 Å². The third kappa shape index (κ3) is 2.20. The second-order valence-electron chi connectivity index (χ2n) is 5.08. The van der Waals surface area contributed by atoms with E-state index < -0.39 is 0 Å². The van der Waals surface area contributed by atoms with Crippen LogP contribution in [0.3, 0.4) is 0 Å².